The fourth-order valence-corrected chi connectivity index (χ4v) is 9.12. The first-order chi connectivity index (χ1) is 31.9. The number of benzene rings is 4. The number of ether oxygens (including phenoxy) is 4. The molecule has 4 aromatic carbocycles. The summed E-state index contributed by atoms with van der Waals surface area (Å²) in [7, 11) is 0. The van der Waals surface area contributed by atoms with E-state index in [0.717, 1.165) is 60.3 Å². The lowest BCUT2D eigenvalue weighted by atomic mass is 10.1. The molecule has 0 amide bonds. The molecule has 16 nitrogen and oxygen atoms in total. The number of nitrogens with zero attached hydrogens (tertiary/aromatic N) is 6. The topological polar surface area (TPSA) is 168 Å². The number of aromatic nitrogens is 2. The van der Waals surface area contributed by atoms with Gasteiger partial charge in [-0.15, -0.1) is 12.4 Å². The zero-order valence-corrected chi connectivity index (χ0v) is 37.7. The number of carboxylic acid groups (broad SMARTS) is 2. The molecule has 10 rings (SSSR count). The number of halogens is 3. The van der Waals surface area contributed by atoms with Crippen LogP contribution in [0, 0.1) is 11.6 Å². The summed E-state index contributed by atoms with van der Waals surface area (Å²) in [5.41, 5.74) is 1.99. The van der Waals surface area contributed by atoms with Gasteiger partial charge in [0.05, 0.1) is 22.4 Å². The lowest BCUT2D eigenvalue weighted by molar-refractivity contribution is 0.0684. The maximum absolute atomic E-state index is 15.1. The number of aromatic carboxylic acids is 2. The third-order valence-electron chi connectivity index (χ3n) is 12.6. The summed E-state index contributed by atoms with van der Waals surface area (Å²) in [5.74, 6) is -0.571. The number of carboxylic acids is 2. The summed E-state index contributed by atoms with van der Waals surface area (Å²) in [4.78, 5) is 56.5. The molecule has 0 saturated carbocycles. The molecular weight excluding hydrogens is 894 g/mol. The molecule has 0 spiro atoms. The molecule has 0 radical (unpaired) electrons. The Kier molecular flexibility index (Phi) is 13.6. The standard InChI is InChI=1S/2C24H24FN3O5.ClH/c2*1-2-27-13-17(24(30)31)22(29)16-10-18(25)20(11-19(16)27)28-8-6-26(7-9-28)12-15-4-3-5-21-23(15)33-14-32-21;/h2*3-5,10-11,13H,2,6-9,12,14H2,1H3,(H,30,31);1H. The van der Waals surface area contributed by atoms with E-state index in [9.17, 15) is 29.4 Å². The highest BCUT2D eigenvalue weighted by Gasteiger charge is 2.27. The Hall–Kier alpha value is -6.89. The van der Waals surface area contributed by atoms with Crippen LogP contribution in [0.4, 0.5) is 20.2 Å². The quantitative estimate of drug-likeness (QED) is 0.158. The van der Waals surface area contributed by atoms with Gasteiger partial charge in [-0.05, 0) is 50.2 Å². The van der Waals surface area contributed by atoms with Crippen LogP contribution in [0.2, 0.25) is 0 Å². The molecule has 0 unspecified atom stereocenters. The molecule has 2 N–H and O–H groups in total. The number of hydrogen-bond donors (Lipinski definition) is 2. The van der Waals surface area contributed by atoms with Crippen molar-refractivity contribution in [3.05, 3.63) is 127 Å². The Morgan fingerprint density at radius 3 is 1.33 bits per heavy atom. The molecule has 4 aliphatic rings. The third kappa shape index (κ3) is 9.16. The molecular formula is C48H49ClF2N6O10. The Morgan fingerprint density at radius 1 is 0.582 bits per heavy atom. The lowest BCUT2D eigenvalue weighted by Crippen LogP contribution is -2.46. The van der Waals surface area contributed by atoms with Crippen molar-refractivity contribution in [3.63, 3.8) is 0 Å². The lowest BCUT2D eigenvalue weighted by Gasteiger charge is -2.36. The largest absolute Gasteiger partial charge is 0.477 e. The molecule has 6 aromatic rings. The third-order valence-corrected chi connectivity index (χ3v) is 12.6. The SMILES string of the molecule is CCn1cc(C(=O)O)c(=O)c2cc(F)c(N3CCN(Cc4cccc5c4OCO5)CC3)cc21.CCn1cc(C(=O)O)c(=O)c2cc(F)c(N3CCN(Cc4cccc5c4OCO5)CC3)cc21.Cl. The van der Waals surface area contributed by atoms with Gasteiger partial charge in [0.15, 0.2) is 23.0 Å². The minimum atomic E-state index is -1.31. The second-order valence-electron chi connectivity index (χ2n) is 16.4. The molecule has 2 fully saturated rings. The van der Waals surface area contributed by atoms with Gasteiger partial charge in [0.1, 0.15) is 22.8 Å². The molecule has 0 bridgehead atoms. The van der Waals surface area contributed by atoms with Crippen molar-refractivity contribution in [3.8, 4) is 23.0 Å². The number of rotatable bonds is 10. The van der Waals surface area contributed by atoms with Crippen molar-refractivity contribution >= 4 is 57.5 Å². The second-order valence-corrected chi connectivity index (χ2v) is 16.4. The van der Waals surface area contributed by atoms with E-state index < -0.39 is 34.4 Å². The normalized spacial score (nSPS) is 15.6. The van der Waals surface area contributed by atoms with Crippen molar-refractivity contribution in [2.24, 2.45) is 0 Å². The minimum absolute atomic E-state index is 0. The predicted molar refractivity (Wildman–Crippen MR) is 249 cm³/mol. The molecule has 67 heavy (non-hydrogen) atoms. The van der Waals surface area contributed by atoms with Crippen LogP contribution >= 0.6 is 12.4 Å². The average Bonchev–Trinajstić information content (AvgIpc) is 4.02. The van der Waals surface area contributed by atoms with E-state index in [1.54, 1.807) is 21.3 Å². The fourth-order valence-electron chi connectivity index (χ4n) is 9.12. The van der Waals surface area contributed by atoms with Crippen molar-refractivity contribution in [2.45, 2.75) is 40.0 Å². The van der Waals surface area contributed by atoms with Gasteiger partial charge in [-0.1, -0.05) is 24.3 Å². The summed E-state index contributed by atoms with van der Waals surface area (Å²) in [6, 6.07) is 17.4. The monoisotopic (exact) mass is 942 g/mol. The molecule has 0 atom stereocenters. The molecule has 4 aliphatic heterocycles. The Morgan fingerprint density at radius 2 is 0.970 bits per heavy atom. The van der Waals surface area contributed by atoms with Crippen LogP contribution in [-0.2, 0) is 26.2 Å². The Labute approximate surface area is 389 Å². The number of aryl methyl sites for hydroxylation is 2. The van der Waals surface area contributed by atoms with Crippen molar-refractivity contribution < 1.29 is 47.5 Å². The van der Waals surface area contributed by atoms with Gasteiger partial charge in [-0.25, -0.2) is 18.4 Å². The van der Waals surface area contributed by atoms with Gasteiger partial charge < -0.3 is 48.1 Å². The van der Waals surface area contributed by atoms with Gasteiger partial charge in [0.25, 0.3) is 0 Å². The summed E-state index contributed by atoms with van der Waals surface area (Å²) in [5, 5.41) is 18.8. The highest BCUT2D eigenvalue weighted by Crippen LogP contribution is 2.38. The van der Waals surface area contributed by atoms with E-state index in [4.69, 9.17) is 18.9 Å². The molecule has 19 heteroatoms. The van der Waals surface area contributed by atoms with Gasteiger partial charge in [-0.2, -0.15) is 0 Å². The molecule has 2 aromatic heterocycles. The van der Waals surface area contributed by atoms with Gasteiger partial charge in [0.2, 0.25) is 24.4 Å². The summed E-state index contributed by atoms with van der Waals surface area (Å²) in [6.07, 6.45) is 2.66. The average molecular weight is 943 g/mol. The maximum Gasteiger partial charge on any atom is 0.341 e. The van der Waals surface area contributed by atoms with Crippen LogP contribution < -0.4 is 39.6 Å². The molecule has 352 valence electrons. The smallest absolute Gasteiger partial charge is 0.341 e. The highest BCUT2D eigenvalue weighted by molar-refractivity contribution is 5.94. The summed E-state index contributed by atoms with van der Waals surface area (Å²) >= 11 is 0. The van der Waals surface area contributed by atoms with E-state index in [-0.39, 0.29) is 47.9 Å². The molecule has 6 heterocycles. The van der Waals surface area contributed by atoms with Gasteiger partial charge in [0, 0.05) is 113 Å². The van der Waals surface area contributed by atoms with Crippen LogP contribution in [0.25, 0.3) is 21.8 Å². The van der Waals surface area contributed by atoms with E-state index in [0.29, 0.717) is 74.8 Å². The van der Waals surface area contributed by atoms with Crippen molar-refractivity contribution in [1.29, 1.82) is 0 Å². The van der Waals surface area contributed by atoms with Gasteiger partial charge in [-0.3, -0.25) is 19.4 Å². The van der Waals surface area contributed by atoms with E-state index >= 15 is 8.78 Å². The van der Waals surface area contributed by atoms with Gasteiger partial charge >= 0.3 is 11.9 Å². The van der Waals surface area contributed by atoms with Crippen LogP contribution in [0.5, 0.6) is 23.0 Å². The van der Waals surface area contributed by atoms with E-state index in [1.165, 1.54) is 24.5 Å². The van der Waals surface area contributed by atoms with Crippen molar-refractivity contribution in [1.82, 2.24) is 18.9 Å². The van der Waals surface area contributed by atoms with E-state index in [1.807, 2.05) is 60.0 Å². The zero-order valence-electron chi connectivity index (χ0n) is 36.8. The summed E-state index contributed by atoms with van der Waals surface area (Å²) < 4.78 is 55.6. The number of piperazine rings is 2. The number of fused-ring (bicyclic) bond motifs is 4. The highest BCUT2D eigenvalue weighted by atomic mass is 35.5. The second kappa shape index (κ2) is 19.5. The Bertz CT molecular complexity index is 2800. The summed E-state index contributed by atoms with van der Waals surface area (Å²) in [6.45, 7) is 12.0. The Balaban J connectivity index is 0.000000179. The van der Waals surface area contributed by atoms with Crippen LogP contribution in [-0.4, -0.2) is 107 Å². The number of hydrogen-bond acceptors (Lipinski definition) is 12. The van der Waals surface area contributed by atoms with Crippen LogP contribution in [0.1, 0.15) is 45.7 Å². The number of pyridine rings is 2. The number of anilines is 2. The number of para-hydroxylation sites is 2. The first kappa shape index (κ1) is 46.6. The van der Waals surface area contributed by atoms with E-state index in [2.05, 4.69) is 9.80 Å². The first-order valence-electron chi connectivity index (χ1n) is 21.8. The van der Waals surface area contributed by atoms with Crippen molar-refractivity contribution in [2.75, 3.05) is 75.7 Å². The zero-order chi connectivity index (χ0) is 46.2. The molecule has 0 aliphatic carbocycles. The van der Waals surface area contributed by atoms with Crippen LogP contribution in [0.3, 0.4) is 0 Å². The fraction of sp³-hybridized carbons (Fsp3) is 0.333. The number of carbonyl (C=O) groups is 2. The minimum Gasteiger partial charge on any atom is -0.477 e. The van der Waals surface area contributed by atoms with Crippen LogP contribution in [0.15, 0.2) is 82.6 Å². The predicted octanol–water partition coefficient (Wildman–Crippen LogP) is 6.24. The first-order valence-corrected chi connectivity index (χ1v) is 21.8. The molecule has 2 saturated heterocycles. The maximum atomic E-state index is 15.1.